The molecule has 0 radical (unpaired) electrons. The maximum absolute atomic E-state index is 11.7. The van der Waals surface area contributed by atoms with Gasteiger partial charge in [0.25, 0.3) is 0 Å². The van der Waals surface area contributed by atoms with Crippen molar-refractivity contribution in [2.75, 3.05) is 19.0 Å². The van der Waals surface area contributed by atoms with Crippen LogP contribution in [0.2, 0.25) is 0 Å². The molecule has 0 aromatic rings. The van der Waals surface area contributed by atoms with Gasteiger partial charge in [-0.2, -0.15) is 0 Å². The minimum Gasteiger partial charge on any atom is -0.372 e. The number of hydrogen-bond acceptors (Lipinski definition) is 2. The molecule has 0 aromatic heterocycles. The smallest absolute Gasteiger partial charge is 0.222 e. The third kappa shape index (κ3) is 3.46. The molecule has 0 spiro atoms. The Labute approximate surface area is 90.4 Å². The number of carbonyl (C=O) groups excluding carboxylic acids is 1. The second-order valence-electron chi connectivity index (χ2n) is 3.85. The van der Waals surface area contributed by atoms with Crippen LogP contribution >= 0.6 is 11.6 Å². The van der Waals surface area contributed by atoms with E-state index in [4.69, 9.17) is 16.3 Å². The molecule has 1 saturated heterocycles. The first-order valence-electron chi connectivity index (χ1n) is 5.12. The van der Waals surface area contributed by atoms with Gasteiger partial charge >= 0.3 is 0 Å². The van der Waals surface area contributed by atoms with E-state index in [9.17, 15) is 4.79 Å². The van der Waals surface area contributed by atoms with Gasteiger partial charge in [0.1, 0.15) is 0 Å². The zero-order valence-electron chi connectivity index (χ0n) is 8.83. The first-order chi connectivity index (χ1) is 6.63. The Hall–Kier alpha value is -0.280. The number of hydrogen-bond donors (Lipinski definition) is 0. The Balaban J connectivity index is 2.38. The van der Waals surface area contributed by atoms with Crippen LogP contribution in [0.3, 0.4) is 0 Å². The van der Waals surface area contributed by atoms with Gasteiger partial charge in [0.15, 0.2) is 0 Å². The molecule has 1 fully saturated rings. The predicted octanol–water partition coefficient (Wildman–Crippen LogP) is 1.64. The van der Waals surface area contributed by atoms with E-state index in [0.717, 1.165) is 6.42 Å². The monoisotopic (exact) mass is 219 g/mol. The van der Waals surface area contributed by atoms with Crippen molar-refractivity contribution in [3.63, 3.8) is 0 Å². The minimum absolute atomic E-state index is 0.152. The first-order valence-corrected chi connectivity index (χ1v) is 5.66. The summed E-state index contributed by atoms with van der Waals surface area (Å²) in [5.41, 5.74) is 0. The fraction of sp³-hybridized carbons (Fsp3) is 0.900. The van der Waals surface area contributed by atoms with Crippen LogP contribution in [-0.4, -0.2) is 42.0 Å². The molecule has 1 rings (SSSR count). The molecule has 14 heavy (non-hydrogen) atoms. The highest BCUT2D eigenvalue weighted by Gasteiger charge is 2.25. The van der Waals surface area contributed by atoms with Gasteiger partial charge in [-0.05, 0) is 20.3 Å². The van der Waals surface area contributed by atoms with Crippen molar-refractivity contribution in [3.8, 4) is 0 Å². The van der Waals surface area contributed by atoms with Gasteiger partial charge in [-0.25, -0.2) is 0 Å². The average Bonchev–Trinajstić information content (AvgIpc) is 2.12. The number of morpholine rings is 1. The summed E-state index contributed by atoms with van der Waals surface area (Å²) in [6, 6.07) is 0. The molecule has 1 amide bonds. The highest BCUT2D eigenvalue weighted by Crippen LogP contribution is 2.12. The molecular weight excluding hydrogens is 202 g/mol. The fourth-order valence-electron chi connectivity index (χ4n) is 1.76. The Bertz CT molecular complexity index is 189. The topological polar surface area (TPSA) is 29.5 Å². The van der Waals surface area contributed by atoms with E-state index >= 15 is 0 Å². The summed E-state index contributed by atoms with van der Waals surface area (Å²) in [6.07, 6.45) is 1.63. The van der Waals surface area contributed by atoms with Crippen LogP contribution in [0.1, 0.15) is 26.7 Å². The number of halogens is 1. The number of alkyl halides is 1. The van der Waals surface area contributed by atoms with Gasteiger partial charge < -0.3 is 9.64 Å². The standard InChI is InChI=1S/C10H18ClNO2/c1-8-6-12(7-9(2)14-8)10(13)4-3-5-11/h8-9H,3-7H2,1-2H3/t8-,9-/m1/s1. The lowest BCUT2D eigenvalue weighted by Gasteiger charge is -2.35. The van der Waals surface area contributed by atoms with Crippen molar-refractivity contribution in [1.29, 1.82) is 0 Å². The Kier molecular flexibility index (Phi) is 4.69. The largest absolute Gasteiger partial charge is 0.372 e. The predicted molar refractivity (Wildman–Crippen MR) is 56.5 cm³/mol. The molecule has 3 nitrogen and oxygen atoms in total. The van der Waals surface area contributed by atoms with E-state index in [1.165, 1.54) is 0 Å². The summed E-state index contributed by atoms with van der Waals surface area (Å²) in [7, 11) is 0. The Morgan fingerprint density at radius 3 is 2.50 bits per heavy atom. The van der Waals surface area contributed by atoms with E-state index in [1.54, 1.807) is 0 Å². The number of carbonyl (C=O) groups is 1. The average molecular weight is 220 g/mol. The van der Waals surface area contributed by atoms with E-state index in [1.807, 2.05) is 18.7 Å². The lowest BCUT2D eigenvalue weighted by molar-refractivity contribution is -0.143. The molecule has 0 saturated carbocycles. The minimum atomic E-state index is 0.152. The Morgan fingerprint density at radius 2 is 2.00 bits per heavy atom. The molecule has 82 valence electrons. The number of nitrogens with zero attached hydrogens (tertiary/aromatic N) is 1. The second-order valence-corrected chi connectivity index (χ2v) is 4.23. The fourth-order valence-corrected chi connectivity index (χ4v) is 1.89. The SMILES string of the molecule is C[C@@H]1CN(C(=O)CCCCl)C[C@@H](C)O1. The third-order valence-corrected chi connectivity index (χ3v) is 2.56. The molecule has 0 aliphatic carbocycles. The van der Waals surface area contributed by atoms with Crippen molar-refractivity contribution in [2.45, 2.75) is 38.9 Å². The van der Waals surface area contributed by atoms with Crippen molar-refractivity contribution < 1.29 is 9.53 Å². The van der Waals surface area contributed by atoms with E-state index in [2.05, 4.69) is 0 Å². The summed E-state index contributed by atoms with van der Waals surface area (Å²) in [5, 5.41) is 0. The normalized spacial score (nSPS) is 27.8. The molecule has 1 heterocycles. The lowest BCUT2D eigenvalue weighted by Crippen LogP contribution is -2.48. The van der Waals surface area contributed by atoms with Crippen LogP contribution in [0, 0.1) is 0 Å². The molecular formula is C10H18ClNO2. The summed E-state index contributed by atoms with van der Waals surface area (Å²) >= 11 is 5.55. The molecule has 1 aliphatic rings. The van der Waals surface area contributed by atoms with E-state index < -0.39 is 0 Å². The molecule has 1 aliphatic heterocycles. The quantitative estimate of drug-likeness (QED) is 0.676. The molecule has 0 unspecified atom stereocenters. The van der Waals surface area contributed by atoms with Crippen molar-refractivity contribution in [3.05, 3.63) is 0 Å². The lowest BCUT2D eigenvalue weighted by atomic mass is 10.2. The maximum atomic E-state index is 11.7. The summed E-state index contributed by atoms with van der Waals surface area (Å²) in [4.78, 5) is 13.5. The molecule has 2 atom stereocenters. The third-order valence-electron chi connectivity index (χ3n) is 2.30. The van der Waals surface area contributed by atoms with Crippen LogP contribution in [-0.2, 0) is 9.53 Å². The van der Waals surface area contributed by atoms with Crippen LogP contribution in [0.15, 0.2) is 0 Å². The van der Waals surface area contributed by atoms with Crippen molar-refractivity contribution in [2.24, 2.45) is 0 Å². The molecule has 0 aromatic carbocycles. The summed E-state index contributed by atoms with van der Waals surface area (Å²) < 4.78 is 5.55. The van der Waals surface area contributed by atoms with Crippen LogP contribution in [0.5, 0.6) is 0 Å². The van der Waals surface area contributed by atoms with Gasteiger partial charge in [-0.1, -0.05) is 0 Å². The zero-order chi connectivity index (χ0) is 10.6. The van der Waals surface area contributed by atoms with Crippen molar-refractivity contribution in [1.82, 2.24) is 4.90 Å². The van der Waals surface area contributed by atoms with Gasteiger partial charge in [-0.15, -0.1) is 11.6 Å². The van der Waals surface area contributed by atoms with Crippen LogP contribution < -0.4 is 0 Å². The van der Waals surface area contributed by atoms with Gasteiger partial charge in [0.2, 0.25) is 5.91 Å². The van der Waals surface area contributed by atoms with Crippen LogP contribution in [0.4, 0.5) is 0 Å². The zero-order valence-corrected chi connectivity index (χ0v) is 9.59. The molecule has 0 bridgehead atoms. The molecule has 0 N–H and O–H groups in total. The van der Waals surface area contributed by atoms with E-state index in [0.29, 0.717) is 25.4 Å². The number of rotatable bonds is 3. The van der Waals surface area contributed by atoms with Crippen LogP contribution in [0.25, 0.3) is 0 Å². The van der Waals surface area contributed by atoms with Gasteiger partial charge in [0, 0.05) is 25.4 Å². The summed E-state index contributed by atoms with van der Waals surface area (Å²) in [5.74, 6) is 0.758. The van der Waals surface area contributed by atoms with E-state index in [-0.39, 0.29) is 18.1 Å². The summed E-state index contributed by atoms with van der Waals surface area (Å²) in [6.45, 7) is 5.42. The van der Waals surface area contributed by atoms with Gasteiger partial charge in [-0.3, -0.25) is 4.79 Å². The maximum Gasteiger partial charge on any atom is 0.222 e. The number of ether oxygens (including phenoxy) is 1. The Morgan fingerprint density at radius 1 is 1.43 bits per heavy atom. The second kappa shape index (κ2) is 5.56. The molecule has 4 heteroatoms. The number of amides is 1. The highest BCUT2D eigenvalue weighted by molar-refractivity contribution is 6.17. The highest BCUT2D eigenvalue weighted by atomic mass is 35.5. The van der Waals surface area contributed by atoms with Crippen molar-refractivity contribution >= 4 is 17.5 Å². The first kappa shape index (κ1) is 11.8. The van der Waals surface area contributed by atoms with Gasteiger partial charge in [0.05, 0.1) is 12.2 Å².